The van der Waals surface area contributed by atoms with Gasteiger partial charge in [-0.3, -0.25) is 4.90 Å². The molecule has 3 rings (SSSR count). The standard InChI is InChI=1S/C18H24N2O3/c1-4-22-18(21)17-10-13-9-14(5-6-16(13)19-17)23-15-7-8-20(11-15)12(2)3/h5-6,9-10,12,15,19H,4,7-8,11H2,1-3H3/t15-/m0/s1. The van der Waals surface area contributed by atoms with Gasteiger partial charge in [-0.2, -0.15) is 0 Å². The minimum atomic E-state index is -0.325. The zero-order valence-corrected chi connectivity index (χ0v) is 14.0. The van der Waals surface area contributed by atoms with Crippen molar-refractivity contribution in [2.45, 2.75) is 39.3 Å². The topological polar surface area (TPSA) is 54.6 Å². The molecule has 0 radical (unpaired) electrons. The molecule has 1 N–H and O–H groups in total. The number of aromatic nitrogens is 1. The molecule has 0 amide bonds. The van der Waals surface area contributed by atoms with Crippen LogP contribution in [0, 0.1) is 0 Å². The van der Waals surface area contributed by atoms with Crippen molar-refractivity contribution >= 4 is 16.9 Å². The zero-order valence-electron chi connectivity index (χ0n) is 14.0. The van der Waals surface area contributed by atoms with E-state index in [0.717, 1.165) is 36.2 Å². The van der Waals surface area contributed by atoms with E-state index in [4.69, 9.17) is 9.47 Å². The van der Waals surface area contributed by atoms with E-state index >= 15 is 0 Å². The van der Waals surface area contributed by atoms with Gasteiger partial charge < -0.3 is 14.5 Å². The molecule has 1 aliphatic rings. The molecule has 1 fully saturated rings. The van der Waals surface area contributed by atoms with E-state index in [0.29, 0.717) is 18.3 Å². The first-order valence-corrected chi connectivity index (χ1v) is 8.27. The molecular weight excluding hydrogens is 292 g/mol. The average molecular weight is 316 g/mol. The van der Waals surface area contributed by atoms with Gasteiger partial charge in [-0.05, 0) is 51.5 Å². The Morgan fingerprint density at radius 1 is 1.39 bits per heavy atom. The van der Waals surface area contributed by atoms with Crippen molar-refractivity contribution in [3.63, 3.8) is 0 Å². The van der Waals surface area contributed by atoms with Crippen LogP contribution in [0.3, 0.4) is 0 Å². The Hall–Kier alpha value is -2.01. The summed E-state index contributed by atoms with van der Waals surface area (Å²) in [6.07, 6.45) is 1.29. The van der Waals surface area contributed by atoms with Crippen LogP contribution in [-0.4, -0.2) is 47.7 Å². The van der Waals surface area contributed by atoms with Gasteiger partial charge in [-0.1, -0.05) is 0 Å². The van der Waals surface area contributed by atoms with Gasteiger partial charge in [0.15, 0.2) is 0 Å². The largest absolute Gasteiger partial charge is 0.489 e. The third-order valence-electron chi connectivity index (χ3n) is 4.30. The second-order valence-electron chi connectivity index (χ2n) is 6.27. The Labute approximate surface area is 136 Å². The minimum Gasteiger partial charge on any atom is -0.489 e. The number of nitrogens with one attached hydrogen (secondary N) is 1. The maximum absolute atomic E-state index is 11.8. The van der Waals surface area contributed by atoms with Crippen molar-refractivity contribution in [3.8, 4) is 5.75 Å². The molecule has 2 aromatic rings. The Bertz CT molecular complexity index is 693. The summed E-state index contributed by atoms with van der Waals surface area (Å²) in [5.74, 6) is 0.525. The molecule has 1 aromatic carbocycles. The summed E-state index contributed by atoms with van der Waals surface area (Å²) in [7, 11) is 0. The van der Waals surface area contributed by atoms with Crippen molar-refractivity contribution in [2.24, 2.45) is 0 Å². The van der Waals surface area contributed by atoms with Crippen LogP contribution in [0.2, 0.25) is 0 Å². The van der Waals surface area contributed by atoms with Crippen LogP contribution >= 0.6 is 0 Å². The third-order valence-corrected chi connectivity index (χ3v) is 4.30. The van der Waals surface area contributed by atoms with Crippen LogP contribution < -0.4 is 4.74 Å². The number of benzene rings is 1. The summed E-state index contributed by atoms with van der Waals surface area (Å²) in [6, 6.07) is 8.25. The number of ether oxygens (including phenoxy) is 2. The lowest BCUT2D eigenvalue weighted by Crippen LogP contribution is -2.30. The Kier molecular flexibility index (Phi) is 4.57. The van der Waals surface area contributed by atoms with Gasteiger partial charge in [-0.15, -0.1) is 0 Å². The second-order valence-corrected chi connectivity index (χ2v) is 6.27. The van der Waals surface area contributed by atoms with Gasteiger partial charge in [-0.25, -0.2) is 4.79 Å². The molecule has 0 bridgehead atoms. The van der Waals surface area contributed by atoms with Gasteiger partial charge >= 0.3 is 5.97 Å². The molecule has 0 unspecified atom stereocenters. The fourth-order valence-electron chi connectivity index (χ4n) is 3.01. The predicted molar refractivity (Wildman–Crippen MR) is 90.0 cm³/mol. The molecule has 1 aliphatic heterocycles. The lowest BCUT2D eigenvalue weighted by Gasteiger charge is -2.20. The molecule has 0 aliphatic carbocycles. The SMILES string of the molecule is CCOC(=O)c1cc2cc(O[C@H]3CCN(C(C)C)C3)ccc2[nH]1. The summed E-state index contributed by atoms with van der Waals surface area (Å²) >= 11 is 0. The number of aromatic amines is 1. The highest BCUT2D eigenvalue weighted by Crippen LogP contribution is 2.25. The van der Waals surface area contributed by atoms with E-state index in [-0.39, 0.29) is 12.1 Å². The number of H-pyrrole nitrogens is 1. The van der Waals surface area contributed by atoms with Gasteiger partial charge in [0.25, 0.3) is 0 Å². The van der Waals surface area contributed by atoms with Crippen molar-refractivity contribution in [2.75, 3.05) is 19.7 Å². The first-order valence-electron chi connectivity index (χ1n) is 8.27. The second kappa shape index (κ2) is 6.62. The molecule has 23 heavy (non-hydrogen) atoms. The first-order chi connectivity index (χ1) is 11.1. The summed E-state index contributed by atoms with van der Waals surface area (Å²) in [5, 5.41) is 0.962. The maximum atomic E-state index is 11.8. The molecule has 1 atom stereocenters. The highest BCUT2D eigenvalue weighted by atomic mass is 16.5. The lowest BCUT2D eigenvalue weighted by atomic mass is 10.2. The Balaban J connectivity index is 1.72. The monoisotopic (exact) mass is 316 g/mol. The summed E-state index contributed by atoms with van der Waals surface area (Å²) in [4.78, 5) is 17.3. The fourth-order valence-corrected chi connectivity index (χ4v) is 3.01. The number of nitrogens with zero attached hydrogens (tertiary/aromatic N) is 1. The summed E-state index contributed by atoms with van der Waals surface area (Å²) in [5.41, 5.74) is 1.39. The lowest BCUT2D eigenvalue weighted by molar-refractivity contribution is 0.0520. The minimum absolute atomic E-state index is 0.235. The van der Waals surface area contributed by atoms with Crippen LogP contribution in [0.5, 0.6) is 5.75 Å². The van der Waals surface area contributed by atoms with E-state index < -0.39 is 0 Å². The molecule has 0 saturated carbocycles. The highest BCUT2D eigenvalue weighted by Gasteiger charge is 2.25. The molecule has 1 aromatic heterocycles. The van der Waals surface area contributed by atoms with E-state index in [1.54, 1.807) is 6.92 Å². The van der Waals surface area contributed by atoms with Crippen LogP contribution in [0.4, 0.5) is 0 Å². The van der Waals surface area contributed by atoms with Gasteiger partial charge in [0.2, 0.25) is 0 Å². The normalized spacial score (nSPS) is 18.7. The van der Waals surface area contributed by atoms with E-state index in [1.807, 2.05) is 24.3 Å². The summed E-state index contributed by atoms with van der Waals surface area (Å²) < 4.78 is 11.1. The van der Waals surface area contributed by atoms with Crippen molar-refractivity contribution in [1.82, 2.24) is 9.88 Å². The van der Waals surface area contributed by atoms with Crippen LogP contribution in [0.1, 0.15) is 37.7 Å². The number of rotatable bonds is 5. The number of carbonyl (C=O) groups excluding carboxylic acids is 1. The number of hydrogen-bond acceptors (Lipinski definition) is 4. The molecular formula is C18H24N2O3. The number of likely N-dealkylation sites (tertiary alicyclic amines) is 1. The molecule has 2 heterocycles. The fraction of sp³-hybridized carbons (Fsp3) is 0.500. The Morgan fingerprint density at radius 3 is 2.91 bits per heavy atom. The van der Waals surface area contributed by atoms with Gasteiger partial charge in [0.1, 0.15) is 17.5 Å². The van der Waals surface area contributed by atoms with E-state index in [9.17, 15) is 4.79 Å². The number of esters is 1. The first kappa shape index (κ1) is 15.9. The van der Waals surface area contributed by atoms with Crippen molar-refractivity contribution in [1.29, 1.82) is 0 Å². The molecule has 5 heteroatoms. The van der Waals surface area contributed by atoms with Gasteiger partial charge in [0.05, 0.1) is 6.61 Å². The predicted octanol–water partition coefficient (Wildman–Crippen LogP) is 3.21. The number of carbonyl (C=O) groups is 1. The summed E-state index contributed by atoms with van der Waals surface area (Å²) in [6.45, 7) is 8.65. The average Bonchev–Trinajstić information content (AvgIpc) is 3.13. The Morgan fingerprint density at radius 2 is 2.22 bits per heavy atom. The highest BCUT2D eigenvalue weighted by molar-refractivity contribution is 5.95. The van der Waals surface area contributed by atoms with E-state index in [2.05, 4.69) is 23.7 Å². The maximum Gasteiger partial charge on any atom is 0.354 e. The van der Waals surface area contributed by atoms with Crippen molar-refractivity contribution < 1.29 is 14.3 Å². The zero-order chi connectivity index (χ0) is 16.4. The molecule has 1 saturated heterocycles. The molecule has 5 nitrogen and oxygen atoms in total. The number of fused-ring (bicyclic) bond motifs is 1. The van der Waals surface area contributed by atoms with Crippen LogP contribution in [0.15, 0.2) is 24.3 Å². The van der Waals surface area contributed by atoms with Crippen molar-refractivity contribution in [3.05, 3.63) is 30.0 Å². The van der Waals surface area contributed by atoms with Crippen LogP contribution in [-0.2, 0) is 4.74 Å². The molecule has 124 valence electrons. The number of hydrogen-bond donors (Lipinski definition) is 1. The molecule has 0 spiro atoms. The van der Waals surface area contributed by atoms with E-state index in [1.165, 1.54) is 0 Å². The quantitative estimate of drug-likeness (QED) is 0.861. The van der Waals surface area contributed by atoms with Crippen LogP contribution in [0.25, 0.3) is 10.9 Å². The smallest absolute Gasteiger partial charge is 0.354 e. The van der Waals surface area contributed by atoms with Gasteiger partial charge in [0, 0.05) is 30.0 Å². The third kappa shape index (κ3) is 3.50.